The van der Waals surface area contributed by atoms with Crippen LogP contribution in [0.5, 0.6) is 5.75 Å². The van der Waals surface area contributed by atoms with Gasteiger partial charge in [-0.05, 0) is 18.2 Å². The first-order valence-corrected chi connectivity index (χ1v) is 5.92. The van der Waals surface area contributed by atoms with Gasteiger partial charge >= 0.3 is 0 Å². The molecule has 0 saturated carbocycles. The zero-order chi connectivity index (χ0) is 10.4. The van der Waals surface area contributed by atoms with Crippen molar-refractivity contribution in [3.8, 4) is 5.75 Å². The lowest BCUT2D eigenvalue weighted by atomic mass is 10.3. The van der Waals surface area contributed by atoms with Gasteiger partial charge in [0.25, 0.3) is 0 Å². The second kappa shape index (κ2) is 6.04. The maximum Gasteiger partial charge on any atom is 0.119 e. The second-order valence-electron chi connectivity index (χ2n) is 2.88. The Morgan fingerprint density at radius 2 is 2.36 bits per heavy atom. The zero-order valence-corrected chi connectivity index (χ0v) is 9.91. The number of benzene rings is 1. The van der Waals surface area contributed by atoms with E-state index in [-0.39, 0.29) is 0 Å². The number of rotatable bonds is 5. The van der Waals surface area contributed by atoms with Crippen molar-refractivity contribution < 1.29 is 4.74 Å². The fourth-order valence-corrected chi connectivity index (χ4v) is 2.03. The van der Waals surface area contributed by atoms with Gasteiger partial charge in [0.15, 0.2) is 0 Å². The summed E-state index contributed by atoms with van der Waals surface area (Å²) in [5.41, 5.74) is 1.14. The van der Waals surface area contributed by atoms with Gasteiger partial charge in [-0.3, -0.25) is 0 Å². The molecule has 0 radical (unpaired) electrons. The third-order valence-corrected chi connectivity index (χ3v) is 3.29. The van der Waals surface area contributed by atoms with Crippen LogP contribution in [0.1, 0.15) is 0 Å². The van der Waals surface area contributed by atoms with Crippen LogP contribution in [0.2, 0.25) is 0 Å². The Kier molecular flexibility index (Phi) is 4.98. The highest BCUT2D eigenvalue weighted by molar-refractivity contribution is 7.99. The van der Waals surface area contributed by atoms with Crippen molar-refractivity contribution in [2.45, 2.75) is 4.90 Å². The van der Waals surface area contributed by atoms with Gasteiger partial charge in [0.2, 0.25) is 0 Å². The van der Waals surface area contributed by atoms with Gasteiger partial charge in [0, 0.05) is 16.4 Å². The summed E-state index contributed by atoms with van der Waals surface area (Å²) in [5.74, 6) is 2.56. The zero-order valence-electron chi connectivity index (χ0n) is 8.19. The van der Waals surface area contributed by atoms with Crippen LogP contribution in [0, 0.1) is 0 Å². The topological polar surface area (TPSA) is 9.23 Å². The highest BCUT2D eigenvalue weighted by Crippen LogP contribution is 2.24. The monoisotopic (exact) mass is 226 g/mol. The van der Waals surface area contributed by atoms with Crippen LogP contribution >= 0.6 is 24.4 Å². The molecule has 3 heteroatoms. The van der Waals surface area contributed by atoms with Gasteiger partial charge in [0.1, 0.15) is 5.75 Å². The van der Waals surface area contributed by atoms with E-state index in [1.54, 1.807) is 18.9 Å². The van der Waals surface area contributed by atoms with E-state index in [1.807, 2.05) is 18.2 Å². The van der Waals surface area contributed by atoms with E-state index < -0.39 is 0 Å². The standard InChI is InChI=1S/C11H14OS2/c1-9(7-13)8-14-11-5-3-4-10(6-11)12-2/h3-6,13H,1,7-8H2,2H3. The summed E-state index contributed by atoms with van der Waals surface area (Å²) >= 11 is 5.92. The molecule has 0 aromatic heterocycles. The van der Waals surface area contributed by atoms with Crippen molar-refractivity contribution in [2.75, 3.05) is 18.6 Å². The molecule has 1 nitrogen and oxygen atoms in total. The fourth-order valence-electron chi connectivity index (χ4n) is 0.922. The van der Waals surface area contributed by atoms with Crippen molar-refractivity contribution in [3.63, 3.8) is 0 Å². The van der Waals surface area contributed by atoms with Crippen LogP contribution in [-0.4, -0.2) is 18.6 Å². The number of hydrogen-bond acceptors (Lipinski definition) is 3. The number of hydrogen-bond donors (Lipinski definition) is 1. The van der Waals surface area contributed by atoms with Gasteiger partial charge in [-0.25, -0.2) is 0 Å². The molecule has 0 unspecified atom stereocenters. The molecule has 76 valence electrons. The third-order valence-electron chi connectivity index (χ3n) is 1.71. The van der Waals surface area contributed by atoms with Crippen molar-refractivity contribution in [3.05, 3.63) is 36.4 Å². The molecular weight excluding hydrogens is 212 g/mol. The molecule has 0 bridgehead atoms. The van der Waals surface area contributed by atoms with Crippen LogP contribution in [0.15, 0.2) is 41.3 Å². The molecule has 1 aromatic rings. The summed E-state index contributed by atoms with van der Waals surface area (Å²) in [6.07, 6.45) is 0. The van der Waals surface area contributed by atoms with Gasteiger partial charge in [0.05, 0.1) is 7.11 Å². The Labute approximate surface area is 95.0 Å². The average molecular weight is 226 g/mol. The summed E-state index contributed by atoms with van der Waals surface area (Å²) in [6.45, 7) is 3.90. The smallest absolute Gasteiger partial charge is 0.119 e. The first kappa shape index (κ1) is 11.5. The predicted octanol–water partition coefficient (Wildman–Crippen LogP) is 3.27. The lowest BCUT2D eigenvalue weighted by Gasteiger charge is -2.04. The Morgan fingerprint density at radius 3 is 3.00 bits per heavy atom. The highest BCUT2D eigenvalue weighted by Gasteiger charge is 1.97. The minimum Gasteiger partial charge on any atom is -0.497 e. The minimum atomic E-state index is 0.747. The molecule has 0 aliphatic heterocycles. The Balaban J connectivity index is 2.54. The van der Waals surface area contributed by atoms with Crippen molar-refractivity contribution >= 4 is 24.4 Å². The van der Waals surface area contributed by atoms with Gasteiger partial charge < -0.3 is 4.74 Å². The Bertz CT molecular complexity index is 310. The normalized spacial score (nSPS) is 9.86. The van der Waals surface area contributed by atoms with Crippen molar-refractivity contribution in [1.82, 2.24) is 0 Å². The summed E-state index contributed by atoms with van der Waals surface area (Å²) in [7, 11) is 1.68. The maximum absolute atomic E-state index is 5.14. The van der Waals surface area contributed by atoms with E-state index in [4.69, 9.17) is 4.74 Å². The molecule has 0 saturated heterocycles. The molecule has 0 aliphatic rings. The van der Waals surface area contributed by atoms with Crippen LogP contribution < -0.4 is 4.74 Å². The molecule has 0 aliphatic carbocycles. The molecule has 1 rings (SSSR count). The Morgan fingerprint density at radius 1 is 1.57 bits per heavy atom. The predicted molar refractivity (Wildman–Crippen MR) is 66.7 cm³/mol. The quantitative estimate of drug-likeness (QED) is 0.469. The first-order valence-electron chi connectivity index (χ1n) is 4.30. The molecule has 0 amide bonds. The largest absolute Gasteiger partial charge is 0.497 e. The van der Waals surface area contributed by atoms with Gasteiger partial charge in [-0.15, -0.1) is 11.8 Å². The average Bonchev–Trinajstić information content (AvgIpc) is 2.26. The molecule has 0 N–H and O–H groups in total. The van der Waals surface area contributed by atoms with E-state index >= 15 is 0 Å². The van der Waals surface area contributed by atoms with Crippen LogP contribution in [0.25, 0.3) is 0 Å². The van der Waals surface area contributed by atoms with Crippen LogP contribution in [0.3, 0.4) is 0 Å². The molecular formula is C11H14OS2. The minimum absolute atomic E-state index is 0.747. The summed E-state index contributed by atoms with van der Waals surface area (Å²) in [4.78, 5) is 1.20. The molecule has 0 spiro atoms. The molecule has 0 fully saturated rings. The summed E-state index contributed by atoms with van der Waals surface area (Å²) in [6, 6.07) is 8.03. The second-order valence-corrected chi connectivity index (χ2v) is 4.24. The number of thioether (sulfide) groups is 1. The maximum atomic E-state index is 5.14. The van der Waals surface area contributed by atoms with Crippen molar-refractivity contribution in [1.29, 1.82) is 0 Å². The highest BCUT2D eigenvalue weighted by atomic mass is 32.2. The van der Waals surface area contributed by atoms with E-state index in [9.17, 15) is 0 Å². The van der Waals surface area contributed by atoms with Crippen LogP contribution in [-0.2, 0) is 0 Å². The molecule has 0 heterocycles. The number of ether oxygens (including phenoxy) is 1. The third kappa shape index (κ3) is 3.68. The van der Waals surface area contributed by atoms with Gasteiger partial charge in [-0.1, -0.05) is 18.2 Å². The first-order chi connectivity index (χ1) is 6.76. The molecule has 1 aromatic carbocycles. The SMILES string of the molecule is C=C(CS)CSc1cccc(OC)c1. The molecule has 0 atom stereocenters. The van der Waals surface area contributed by atoms with Crippen LogP contribution in [0.4, 0.5) is 0 Å². The lowest BCUT2D eigenvalue weighted by molar-refractivity contribution is 0.413. The van der Waals surface area contributed by atoms with Gasteiger partial charge in [-0.2, -0.15) is 12.6 Å². The van der Waals surface area contributed by atoms with Crippen molar-refractivity contribution in [2.24, 2.45) is 0 Å². The fraction of sp³-hybridized carbons (Fsp3) is 0.273. The molecule has 14 heavy (non-hydrogen) atoms. The van der Waals surface area contributed by atoms with E-state index in [1.165, 1.54) is 4.90 Å². The summed E-state index contributed by atoms with van der Waals surface area (Å²) < 4.78 is 5.14. The van der Waals surface area contributed by atoms with E-state index in [0.717, 1.165) is 22.8 Å². The van der Waals surface area contributed by atoms with E-state index in [2.05, 4.69) is 25.3 Å². The number of methoxy groups -OCH3 is 1. The lowest BCUT2D eigenvalue weighted by Crippen LogP contribution is -1.87. The number of thiol groups is 1. The van der Waals surface area contributed by atoms with E-state index in [0.29, 0.717) is 0 Å². The Hall–Kier alpha value is -0.540. The summed E-state index contributed by atoms with van der Waals surface area (Å²) in [5, 5.41) is 0.